The molecule has 15 heavy (non-hydrogen) atoms. The van der Waals surface area contributed by atoms with E-state index in [1.165, 1.54) is 12.3 Å². The van der Waals surface area contributed by atoms with Crippen LogP contribution in [-0.2, 0) is 0 Å². The summed E-state index contributed by atoms with van der Waals surface area (Å²) in [6.07, 6.45) is 2.46. The molecule has 1 amide bonds. The molecule has 2 rings (SSSR count). The van der Waals surface area contributed by atoms with Crippen molar-refractivity contribution in [2.24, 2.45) is 5.92 Å². The van der Waals surface area contributed by atoms with Crippen LogP contribution in [0, 0.1) is 5.92 Å². The minimum Gasteiger partial charge on any atom is -0.397 e. The van der Waals surface area contributed by atoms with Crippen molar-refractivity contribution in [2.45, 2.75) is 19.4 Å². The molecular formula is C10H12ClN3O. The molecule has 1 aromatic heterocycles. The predicted octanol–water partition coefficient (Wildman–Crippen LogP) is 1.46. The van der Waals surface area contributed by atoms with E-state index in [0.717, 1.165) is 6.42 Å². The molecule has 1 saturated carbocycles. The lowest BCUT2D eigenvalue weighted by atomic mass is 10.2. The minimum absolute atomic E-state index is 0.190. The molecular weight excluding hydrogens is 214 g/mol. The fourth-order valence-corrected chi connectivity index (χ4v) is 1.58. The summed E-state index contributed by atoms with van der Waals surface area (Å²) < 4.78 is 0. The summed E-state index contributed by atoms with van der Waals surface area (Å²) in [4.78, 5) is 15.5. The van der Waals surface area contributed by atoms with Crippen molar-refractivity contribution in [3.63, 3.8) is 0 Å². The third kappa shape index (κ3) is 2.21. The average molecular weight is 226 g/mol. The van der Waals surface area contributed by atoms with Gasteiger partial charge < -0.3 is 11.1 Å². The third-order valence-corrected chi connectivity index (χ3v) is 2.83. The number of nitrogens with two attached hydrogens (primary N) is 1. The van der Waals surface area contributed by atoms with Gasteiger partial charge in [-0.15, -0.1) is 0 Å². The summed E-state index contributed by atoms with van der Waals surface area (Å²) in [5.74, 6) is 0.357. The zero-order valence-corrected chi connectivity index (χ0v) is 9.08. The van der Waals surface area contributed by atoms with Gasteiger partial charge in [0.1, 0.15) is 5.15 Å². The van der Waals surface area contributed by atoms with Crippen LogP contribution in [0.1, 0.15) is 23.7 Å². The molecule has 0 spiro atoms. The lowest BCUT2D eigenvalue weighted by molar-refractivity contribution is 0.0949. The summed E-state index contributed by atoms with van der Waals surface area (Å²) in [6, 6.07) is 1.81. The molecule has 0 aromatic carbocycles. The van der Waals surface area contributed by atoms with Gasteiger partial charge in [0.2, 0.25) is 0 Å². The molecule has 0 bridgehead atoms. The molecule has 4 nitrogen and oxygen atoms in total. The van der Waals surface area contributed by atoms with E-state index in [9.17, 15) is 4.79 Å². The fraction of sp³-hybridized carbons (Fsp3) is 0.400. The maximum absolute atomic E-state index is 11.7. The van der Waals surface area contributed by atoms with Gasteiger partial charge in [0.05, 0.1) is 17.4 Å². The highest BCUT2D eigenvalue weighted by Crippen LogP contribution is 2.29. The number of amides is 1. The summed E-state index contributed by atoms with van der Waals surface area (Å²) in [6.45, 7) is 2.09. The topological polar surface area (TPSA) is 68.0 Å². The number of hydrogen-bond donors (Lipinski definition) is 2. The van der Waals surface area contributed by atoms with E-state index < -0.39 is 0 Å². The van der Waals surface area contributed by atoms with Crippen LogP contribution in [0.25, 0.3) is 0 Å². The number of aromatic nitrogens is 1. The van der Waals surface area contributed by atoms with Gasteiger partial charge in [0.15, 0.2) is 0 Å². The van der Waals surface area contributed by atoms with Crippen LogP contribution in [0.2, 0.25) is 5.15 Å². The van der Waals surface area contributed by atoms with E-state index in [1.54, 1.807) is 0 Å². The van der Waals surface area contributed by atoms with Gasteiger partial charge in [-0.25, -0.2) is 4.98 Å². The normalized spacial score (nSPS) is 23.6. The molecule has 2 atom stereocenters. The van der Waals surface area contributed by atoms with E-state index in [0.29, 0.717) is 17.2 Å². The lowest BCUT2D eigenvalue weighted by Crippen LogP contribution is -2.27. The number of nitrogen functional groups attached to an aromatic ring is 1. The van der Waals surface area contributed by atoms with Crippen LogP contribution in [0.3, 0.4) is 0 Å². The van der Waals surface area contributed by atoms with E-state index in [-0.39, 0.29) is 17.1 Å². The Labute approximate surface area is 92.8 Å². The van der Waals surface area contributed by atoms with Crippen molar-refractivity contribution in [3.8, 4) is 0 Å². The second-order valence-electron chi connectivity index (χ2n) is 3.90. The first kappa shape index (κ1) is 10.2. The van der Waals surface area contributed by atoms with Crippen LogP contribution >= 0.6 is 11.6 Å². The highest BCUT2D eigenvalue weighted by molar-refractivity contribution is 6.32. The van der Waals surface area contributed by atoms with E-state index >= 15 is 0 Å². The summed E-state index contributed by atoms with van der Waals surface area (Å²) in [5.41, 5.74) is 6.32. The molecule has 1 fully saturated rings. The van der Waals surface area contributed by atoms with Gasteiger partial charge in [0, 0.05) is 6.04 Å². The second kappa shape index (κ2) is 3.70. The first-order valence-electron chi connectivity index (χ1n) is 4.80. The number of nitrogens with one attached hydrogen (secondary N) is 1. The molecule has 0 aliphatic heterocycles. The maximum Gasteiger partial charge on any atom is 0.254 e. The molecule has 80 valence electrons. The van der Waals surface area contributed by atoms with Gasteiger partial charge in [-0.1, -0.05) is 18.5 Å². The highest BCUT2D eigenvalue weighted by atomic mass is 35.5. The molecule has 1 aliphatic rings. The standard InChI is InChI=1S/C10H12ClN3O/c1-5-2-8(5)14-10(15)7-3-6(12)4-13-9(7)11/h3-5,8H,2,12H2,1H3,(H,14,15). The number of anilines is 1. The third-order valence-electron chi connectivity index (χ3n) is 2.53. The Morgan fingerprint density at radius 2 is 2.40 bits per heavy atom. The van der Waals surface area contributed by atoms with Gasteiger partial charge in [0.25, 0.3) is 5.91 Å². The molecule has 0 saturated heterocycles. The van der Waals surface area contributed by atoms with Crippen molar-refractivity contribution >= 4 is 23.2 Å². The van der Waals surface area contributed by atoms with Crippen LogP contribution in [-0.4, -0.2) is 16.9 Å². The minimum atomic E-state index is -0.200. The Bertz CT molecular complexity index is 408. The Balaban J connectivity index is 2.14. The Morgan fingerprint density at radius 1 is 1.73 bits per heavy atom. The van der Waals surface area contributed by atoms with Gasteiger partial charge in [-0.2, -0.15) is 0 Å². The van der Waals surface area contributed by atoms with Gasteiger partial charge >= 0.3 is 0 Å². The molecule has 5 heteroatoms. The number of pyridine rings is 1. The number of carbonyl (C=O) groups is 1. The predicted molar refractivity (Wildman–Crippen MR) is 58.7 cm³/mol. The van der Waals surface area contributed by atoms with E-state index in [2.05, 4.69) is 17.2 Å². The Hall–Kier alpha value is -1.29. The van der Waals surface area contributed by atoms with Gasteiger partial charge in [-0.05, 0) is 18.4 Å². The van der Waals surface area contributed by atoms with Crippen LogP contribution < -0.4 is 11.1 Å². The number of carbonyl (C=O) groups excluding carboxylic acids is 1. The highest BCUT2D eigenvalue weighted by Gasteiger charge is 2.34. The molecule has 1 aliphatic carbocycles. The second-order valence-corrected chi connectivity index (χ2v) is 4.26. The quantitative estimate of drug-likeness (QED) is 0.749. The zero-order valence-electron chi connectivity index (χ0n) is 8.33. The number of hydrogen-bond acceptors (Lipinski definition) is 3. The SMILES string of the molecule is CC1CC1NC(=O)c1cc(N)cnc1Cl. The summed E-state index contributed by atoms with van der Waals surface area (Å²) in [7, 11) is 0. The van der Waals surface area contributed by atoms with Crippen LogP contribution in [0.4, 0.5) is 5.69 Å². The molecule has 1 heterocycles. The smallest absolute Gasteiger partial charge is 0.254 e. The molecule has 1 aromatic rings. The molecule has 0 radical (unpaired) electrons. The number of halogens is 1. The van der Waals surface area contributed by atoms with Crippen LogP contribution in [0.15, 0.2) is 12.3 Å². The largest absolute Gasteiger partial charge is 0.397 e. The first-order valence-corrected chi connectivity index (χ1v) is 5.17. The average Bonchev–Trinajstić information content (AvgIpc) is 2.86. The van der Waals surface area contributed by atoms with E-state index in [4.69, 9.17) is 17.3 Å². The zero-order chi connectivity index (χ0) is 11.0. The van der Waals surface area contributed by atoms with E-state index in [1.807, 2.05) is 0 Å². The van der Waals surface area contributed by atoms with Crippen molar-refractivity contribution in [1.29, 1.82) is 0 Å². The van der Waals surface area contributed by atoms with Crippen molar-refractivity contribution in [1.82, 2.24) is 10.3 Å². The summed E-state index contributed by atoms with van der Waals surface area (Å²) in [5, 5.41) is 3.06. The Morgan fingerprint density at radius 3 is 3.00 bits per heavy atom. The number of rotatable bonds is 2. The Kier molecular flexibility index (Phi) is 2.52. The first-order chi connectivity index (χ1) is 7.08. The summed E-state index contributed by atoms with van der Waals surface area (Å²) >= 11 is 5.80. The maximum atomic E-state index is 11.7. The lowest BCUT2D eigenvalue weighted by Gasteiger charge is -2.05. The molecule has 2 unspecified atom stereocenters. The van der Waals surface area contributed by atoms with Crippen LogP contribution in [0.5, 0.6) is 0 Å². The van der Waals surface area contributed by atoms with Gasteiger partial charge in [-0.3, -0.25) is 4.79 Å². The number of nitrogens with zero attached hydrogens (tertiary/aromatic N) is 1. The van der Waals surface area contributed by atoms with Crippen molar-refractivity contribution in [3.05, 3.63) is 23.0 Å². The monoisotopic (exact) mass is 225 g/mol. The molecule has 3 N–H and O–H groups in total. The fourth-order valence-electron chi connectivity index (χ4n) is 1.39. The van der Waals surface area contributed by atoms with Crippen molar-refractivity contribution < 1.29 is 4.79 Å². The van der Waals surface area contributed by atoms with Crippen molar-refractivity contribution in [2.75, 3.05) is 5.73 Å².